The number of benzene rings is 3. The largest absolute Gasteiger partial charge is 0.496 e. The summed E-state index contributed by atoms with van der Waals surface area (Å²) in [5, 5.41) is 9.76. The molecule has 3 rings (SSSR count). The number of alkyl halides is 12. The summed E-state index contributed by atoms with van der Waals surface area (Å²) in [4.78, 5) is 12.4. The first-order valence-electron chi connectivity index (χ1n) is 12.2. The lowest BCUT2D eigenvalue weighted by Crippen LogP contribution is -2.29. The second-order valence-electron chi connectivity index (χ2n) is 9.65. The predicted molar refractivity (Wildman–Crippen MR) is 132 cm³/mol. The van der Waals surface area contributed by atoms with E-state index in [1.165, 1.54) is 0 Å². The molecular weight excluding hydrogens is 626 g/mol. The van der Waals surface area contributed by atoms with Crippen LogP contribution in [-0.2, 0) is 31.6 Å². The fourth-order valence-corrected chi connectivity index (χ4v) is 4.29. The summed E-state index contributed by atoms with van der Waals surface area (Å²) in [6.45, 7) is -1.32. The van der Waals surface area contributed by atoms with Crippen LogP contribution in [0.1, 0.15) is 46.2 Å². The summed E-state index contributed by atoms with van der Waals surface area (Å²) < 4.78 is 166. The molecule has 3 aromatic rings. The normalized spacial score (nSPS) is 13.5. The summed E-state index contributed by atoms with van der Waals surface area (Å²) >= 11 is 0. The highest BCUT2D eigenvalue weighted by Gasteiger charge is 2.39. The van der Waals surface area contributed by atoms with Gasteiger partial charge in [-0.15, -0.1) is 0 Å². The molecule has 0 radical (unpaired) electrons. The second-order valence-corrected chi connectivity index (χ2v) is 9.65. The number of halogens is 12. The molecule has 0 saturated heterocycles. The molecule has 240 valence electrons. The van der Waals surface area contributed by atoms with E-state index in [4.69, 9.17) is 4.74 Å². The third kappa shape index (κ3) is 8.08. The minimum Gasteiger partial charge on any atom is -0.496 e. The standard InChI is InChI=1S/C28H21F12NO3/c1-14(25(29,30)31)16-3-6-23(44-2)22(10-16)21-5-4-18(26(32,33)34)9-17(21)13-41(24(42)43)12-15-7-19(27(35,36)37)11-20(8-15)28(38,39)40/h3-11,14H,12-13H2,1-2H3,(H,42,43). The van der Waals surface area contributed by atoms with Gasteiger partial charge in [0.1, 0.15) is 5.75 Å². The van der Waals surface area contributed by atoms with Gasteiger partial charge in [-0.25, -0.2) is 4.79 Å². The van der Waals surface area contributed by atoms with Crippen LogP contribution in [0.25, 0.3) is 11.1 Å². The lowest BCUT2D eigenvalue weighted by atomic mass is 9.91. The first-order valence-corrected chi connectivity index (χ1v) is 12.2. The van der Waals surface area contributed by atoms with Crippen molar-refractivity contribution in [1.29, 1.82) is 0 Å². The van der Waals surface area contributed by atoms with Crippen LogP contribution in [0, 0.1) is 0 Å². The summed E-state index contributed by atoms with van der Waals surface area (Å²) in [5.41, 5.74) is -6.76. The number of carboxylic acid groups (broad SMARTS) is 1. The summed E-state index contributed by atoms with van der Waals surface area (Å²) in [7, 11) is 1.12. The van der Waals surface area contributed by atoms with Crippen LogP contribution < -0.4 is 4.74 Å². The zero-order valence-corrected chi connectivity index (χ0v) is 22.4. The van der Waals surface area contributed by atoms with E-state index in [-0.39, 0.29) is 45.5 Å². The van der Waals surface area contributed by atoms with Crippen molar-refractivity contribution in [1.82, 2.24) is 4.90 Å². The number of carbonyl (C=O) groups is 1. The summed E-state index contributed by atoms with van der Waals surface area (Å²) in [6, 6.07) is 5.43. The Morgan fingerprint density at radius 2 is 1.27 bits per heavy atom. The number of amides is 1. The highest BCUT2D eigenvalue weighted by molar-refractivity contribution is 5.75. The molecule has 1 atom stereocenters. The molecule has 44 heavy (non-hydrogen) atoms. The molecule has 0 heterocycles. The fraction of sp³-hybridized carbons (Fsp3) is 0.321. The zero-order chi connectivity index (χ0) is 33.4. The zero-order valence-electron chi connectivity index (χ0n) is 22.4. The van der Waals surface area contributed by atoms with Gasteiger partial charge in [0.15, 0.2) is 0 Å². The van der Waals surface area contributed by atoms with Crippen LogP contribution in [-0.4, -0.2) is 29.4 Å². The van der Waals surface area contributed by atoms with E-state index in [1.54, 1.807) is 0 Å². The molecule has 1 amide bonds. The van der Waals surface area contributed by atoms with Gasteiger partial charge in [0, 0.05) is 18.7 Å². The van der Waals surface area contributed by atoms with Gasteiger partial charge in [-0.1, -0.05) is 12.1 Å². The maximum Gasteiger partial charge on any atom is 0.416 e. The average Bonchev–Trinajstić information content (AvgIpc) is 2.89. The van der Waals surface area contributed by atoms with Crippen LogP contribution in [0.15, 0.2) is 54.6 Å². The van der Waals surface area contributed by atoms with E-state index in [0.29, 0.717) is 12.1 Å². The Labute approximate surface area is 241 Å². The van der Waals surface area contributed by atoms with Crippen LogP contribution in [0.2, 0.25) is 0 Å². The van der Waals surface area contributed by atoms with E-state index in [9.17, 15) is 62.6 Å². The quantitative estimate of drug-likeness (QED) is 0.260. The van der Waals surface area contributed by atoms with Crippen molar-refractivity contribution in [3.05, 3.63) is 88.0 Å². The maximum atomic E-state index is 13.6. The molecule has 0 aromatic heterocycles. The van der Waals surface area contributed by atoms with Crippen molar-refractivity contribution in [2.75, 3.05) is 7.11 Å². The molecule has 3 aromatic carbocycles. The van der Waals surface area contributed by atoms with Gasteiger partial charge in [-0.3, -0.25) is 4.90 Å². The van der Waals surface area contributed by atoms with Gasteiger partial charge in [0.25, 0.3) is 0 Å². The van der Waals surface area contributed by atoms with Crippen LogP contribution in [0.4, 0.5) is 57.5 Å². The van der Waals surface area contributed by atoms with Crippen molar-refractivity contribution in [3.8, 4) is 16.9 Å². The van der Waals surface area contributed by atoms with Crippen molar-refractivity contribution in [3.63, 3.8) is 0 Å². The number of ether oxygens (including phenoxy) is 1. The summed E-state index contributed by atoms with van der Waals surface area (Å²) in [5.74, 6) is -2.15. The van der Waals surface area contributed by atoms with Gasteiger partial charge >= 0.3 is 30.8 Å². The Bertz CT molecular complexity index is 1480. The highest BCUT2D eigenvalue weighted by atomic mass is 19.4. The minimum absolute atomic E-state index is 0.112. The molecule has 0 aliphatic rings. The van der Waals surface area contributed by atoms with E-state index in [0.717, 1.165) is 38.3 Å². The number of hydrogen-bond acceptors (Lipinski definition) is 2. The first-order chi connectivity index (χ1) is 20.0. The molecule has 16 heteroatoms. The monoisotopic (exact) mass is 647 g/mol. The number of rotatable bonds is 7. The molecule has 1 N–H and O–H groups in total. The van der Waals surface area contributed by atoms with Crippen LogP contribution >= 0.6 is 0 Å². The lowest BCUT2D eigenvalue weighted by molar-refractivity contribution is -0.146. The van der Waals surface area contributed by atoms with E-state index in [2.05, 4.69) is 0 Å². The Hall–Kier alpha value is -4.11. The van der Waals surface area contributed by atoms with Gasteiger partial charge in [0.05, 0.1) is 29.7 Å². The molecule has 0 saturated carbocycles. The molecule has 1 unspecified atom stereocenters. The van der Waals surface area contributed by atoms with Crippen molar-refractivity contribution >= 4 is 6.09 Å². The molecule has 0 spiro atoms. The van der Waals surface area contributed by atoms with Gasteiger partial charge in [0.2, 0.25) is 0 Å². The molecular formula is C28H21F12NO3. The van der Waals surface area contributed by atoms with Crippen molar-refractivity contribution in [2.24, 2.45) is 0 Å². The molecule has 0 fully saturated rings. The second kappa shape index (κ2) is 12.1. The van der Waals surface area contributed by atoms with Gasteiger partial charge in [-0.05, 0) is 71.6 Å². The van der Waals surface area contributed by atoms with Crippen molar-refractivity contribution in [2.45, 2.75) is 50.6 Å². The first kappa shape index (κ1) is 34.4. The van der Waals surface area contributed by atoms with E-state index in [1.807, 2.05) is 0 Å². The van der Waals surface area contributed by atoms with Gasteiger partial charge in [-0.2, -0.15) is 52.7 Å². The lowest BCUT2D eigenvalue weighted by Gasteiger charge is -2.24. The van der Waals surface area contributed by atoms with E-state index < -0.39 is 77.6 Å². The average molecular weight is 647 g/mol. The topological polar surface area (TPSA) is 49.8 Å². The highest BCUT2D eigenvalue weighted by Crippen LogP contribution is 2.42. The predicted octanol–water partition coefficient (Wildman–Crippen LogP) is 9.76. The molecule has 0 aliphatic carbocycles. The number of hydrogen-bond donors (Lipinski definition) is 1. The Morgan fingerprint density at radius 3 is 1.73 bits per heavy atom. The van der Waals surface area contributed by atoms with Gasteiger partial charge < -0.3 is 9.84 Å². The van der Waals surface area contributed by atoms with E-state index >= 15 is 0 Å². The Balaban J connectivity index is 2.19. The third-order valence-corrected chi connectivity index (χ3v) is 6.59. The number of methoxy groups -OCH3 is 1. The maximum absolute atomic E-state index is 13.6. The third-order valence-electron chi connectivity index (χ3n) is 6.59. The van der Waals surface area contributed by atoms with Crippen molar-refractivity contribution < 1.29 is 67.3 Å². The molecule has 4 nitrogen and oxygen atoms in total. The van der Waals surface area contributed by atoms with Crippen LogP contribution in [0.5, 0.6) is 5.75 Å². The number of nitrogens with zero attached hydrogens (tertiary/aromatic N) is 1. The minimum atomic E-state index is -5.26. The smallest absolute Gasteiger partial charge is 0.416 e. The van der Waals surface area contributed by atoms with Crippen LogP contribution in [0.3, 0.4) is 0 Å². The Morgan fingerprint density at radius 1 is 0.727 bits per heavy atom. The molecule has 0 bridgehead atoms. The fourth-order valence-electron chi connectivity index (χ4n) is 4.29. The SMILES string of the molecule is COc1ccc(C(C)C(F)(F)F)cc1-c1ccc(C(F)(F)F)cc1CN(Cc1cc(C(F)(F)F)cc(C(F)(F)F)c1)C(=O)O. The Kier molecular flexibility index (Phi) is 9.47. The summed E-state index contributed by atoms with van der Waals surface area (Å²) in [6.07, 6.45) is -22.1. The molecule has 0 aliphatic heterocycles.